The molecule has 168 valence electrons. The van der Waals surface area contributed by atoms with E-state index in [0.29, 0.717) is 24.2 Å². The Balaban J connectivity index is 1.17. The molecule has 1 aliphatic carbocycles. The number of alkyl carbamates (subject to hydrolysis) is 1. The lowest BCUT2D eigenvalue weighted by molar-refractivity contribution is -0.140. The van der Waals surface area contributed by atoms with Crippen molar-refractivity contribution in [3.8, 4) is 0 Å². The van der Waals surface area contributed by atoms with Crippen LogP contribution >= 0.6 is 0 Å². The van der Waals surface area contributed by atoms with Crippen LogP contribution in [0.2, 0.25) is 0 Å². The Morgan fingerprint density at radius 1 is 1.41 bits per heavy atom. The summed E-state index contributed by atoms with van der Waals surface area (Å²) in [6, 6.07) is 7.70. The predicted molar refractivity (Wildman–Crippen MR) is 117 cm³/mol. The van der Waals surface area contributed by atoms with Crippen molar-refractivity contribution in [1.82, 2.24) is 15.3 Å². The van der Waals surface area contributed by atoms with Crippen LogP contribution in [0.3, 0.4) is 0 Å². The Morgan fingerprint density at radius 3 is 3.09 bits per heavy atom. The molecular weight excluding hydrogens is 410 g/mol. The highest BCUT2D eigenvalue weighted by molar-refractivity contribution is 5.91. The zero-order valence-electron chi connectivity index (χ0n) is 18.1. The number of nitrogens with zero attached hydrogens (tertiary/aromatic N) is 1. The number of benzene rings is 1. The molecule has 2 fully saturated rings. The lowest BCUT2D eigenvalue weighted by atomic mass is 9.84. The van der Waals surface area contributed by atoms with Crippen LogP contribution in [0.25, 0.3) is 11.0 Å². The van der Waals surface area contributed by atoms with Crippen LogP contribution in [0.4, 0.5) is 4.79 Å². The molecule has 8 heteroatoms. The number of esters is 1. The normalized spacial score (nSPS) is 31.2. The SMILES string of the molecule is C=C1C(=O)O[C@H]2[C@H]1CC/C(COC(=O)NCc1nc3ccccc3[nH]1)=C\CC[C@@]1(C)O[C@@H]21. The summed E-state index contributed by atoms with van der Waals surface area (Å²) in [5, 5.41) is 2.74. The molecule has 0 bridgehead atoms. The van der Waals surface area contributed by atoms with Gasteiger partial charge in [0, 0.05) is 11.5 Å². The smallest absolute Gasteiger partial charge is 0.407 e. The van der Waals surface area contributed by atoms with Crippen molar-refractivity contribution in [3.63, 3.8) is 0 Å². The summed E-state index contributed by atoms with van der Waals surface area (Å²) in [4.78, 5) is 31.9. The van der Waals surface area contributed by atoms with Gasteiger partial charge in [-0.15, -0.1) is 0 Å². The average Bonchev–Trinajstić information content (AvgIpc) is 3.12. The zero-order chi connectivity index (χ0) is 22.3. The molecule has 2 N–H and O–H groups in total. The highest BCUT2D eigenvalue weighted by Crippen LogP contribution is 2.49. The Labute approximate surface area is 186 Å². The van der Waals surface area contributed by atoms with Crippen molar-refractivity contribution in [2.45, 2.75) is 57.0 Å². The number of aromatic amines is 1. The van der Waals surface area contributed by atoms with Gasteiger partial charge < -0.3 is 24.5 Å². The number of amides is 1. The van der Waals surface area contributed by atoms with Crippen LogP contribution in [-0.4, -0.2) is 46.4 Å². The van der Waals surface area contributed by atoms with Gasteiger partial charge in [0.05, 0.1) is 23.2 Å². The number of hydrogen-bond donors (Lipinski definition) is 2. The zero-order valence-corrected chi connectivity index (χ0v) is 18.1. The first-order valence-corrected chi connectivity index (χ1v) is 11.0. The Kier molecular flexibility index (Phi) is 5.25. The maximum absolute atomic E-state index is 12.2. The van der Waals surface area contributed by atoms with Crippen LogP contribution in [0.15, 0.2) is 48.1 Å². The molecule has 1 amide bonds. The minimum atomic E-state index is -0.498. The van der Waals surface area contributed by atoms with Crippen molar-refractivity contribution >= 4 is 23.1 Å². The number of epoxide rings is 1. The van der Waals surface area contributed by atoms with E-state index >= 15 is 0 Å². The molecule has 2 aromatic rings. The number of allylic oxidation sites excluding steroid dienone is 1. The van der Waals surface area contributed by atoms with Gasteiger partial charge in [0.1, 0.15) is 24.6 Å². The quantitative estimate of drug-likeness (QED) is 0.328. The molecule has 2 aliphatic heterocycles. The van der Waals surface area contributed by atoms with Gasteiger partial charge in [-0.25, -0.2) is 14.6 Å². The first-order chi connectivity index (χ1) is 15.4. The Hall–Kier alpha value is -3.13. The number of carbonyl (C=O) groups excluding carboxylic acids is 2. The number of hydrogen-bond acceptors (Lipinski definition) is 6. The van der Waals surface area contributed by atoms with Gasteiger partial charge in [-0.3, -0.25) is 0 Å². The van der Waals surface area contributed by atoms with E-state index in [-0.39, 0.29) is 42.8 Å². The molecule has 2 saturated heterocycles. The summed E-state index contributed by atoms with van der Waals surface area (Å²) in [5.74, 6) is 0.269. The number of ether oxygens (including phenoxy) is 3. The maximum Gasteiger partial charge on any atom is 0.407 e. The summed E-state index contributed by atoms with van der Waals surface area (Å²) >= 11 is 0. The summed E-state index contributed by atoms with van der Waals surface area (Å²) in [5.41, 5.74) is 3.04. The molecule has 1 aromatic heterocycles. The summed E-state index contributed by atoms with van der Waals surface area (Å²) in [6.07, 6.45) is 4.35. The maximum atomic E-state index is 12.2. The van der Waals surface area contributed by atoms with E-state index in [1.807, 2.05) is 24.3 Å². The van der Waals surface area contributed by atoms with Gasteiger partial charge in [0.2, 0.25) is 0 Å². The molecule has 4 atom stereocenters. The van der Waals surface area contributed by atoms with Crippen molar-refractivity contribution in [2.75, 3.05) is 6.61 Å². The molecule has 0 radical (unpaired) electrons. The number of fused-ring (bicyclic) bond motifs is 4. The van der Waals surface area contributed by atoms with Crippen molar-refractivity contribution in [3.05, 3.63) is 53.9 Å². The van der Waals surface area contributed by atoms with Crippen LogP contribution in [-0.2, 0) is 25.5 Å². The monoisotopic (exact) mass is 437 g/mol. The van der Waals surface area contributed by atoms with Crippen LogP contribution < -0.4 is 5.32 Å². The average molecular weight is 437 g/mol. The Bertz CT molecular complexity index is 1070. The number of aromatic nitrogens is 2. The fraction of sp³-hybridized carbons (Fsp3) is 0.458. The molecular formula is C24H27N3O5. The summed E-state index contributed by atoms with van der Waals surface area (Å²) in [6.45, 7) is 6.45. The van der Waals surface area contributed by atoms with E-state index < -0.39 is 6.09 Å². The standard InChI is InChI=1S/C24H27N3O5/c1-14-16-10-9-15(6-5-11-24(2)21(32-24)20(16)31-22(14)28)13-30-23(29)25-12-19-26-17-7-3-4-8-18(17)27-19/h3-4,6-8,16,20-21H,1,5,9-13H2,2H3,(H,25,29)(H,26,27)/b15-6+/t16-,20-,21-,24+/m0/s1. The molecule has 0 spiro atoms. The van der Waals surface area contributed by atoms with Crippen LogP contribution in [0, 0.1) is 5.92 Å². The molecule has 1 aromatic carbocycles. The topological polar surface area (TPSA) is 106 Å². The highest BCUT2D eigenvalue weighted by Gasteiger charge is 2.61. The lowest BCUT2D eigenvalue weighted by Gasteiger charge is -2.20. The van der Waals surface area contributed by atoms with Gasteiger partial charge in [-0.2, -0.15) is 0 Å². The second-order valence-electron chi connectivity index (χ2n) is 8.92. The first kappa shape index (κ1) is 20.8. The second kappa shape index (κ2) is 8.09. The van der Waals surface area contributed by atoms with E-state index in [0.717, 1.165) is 29.4 Å². The number of carbonyl (C=O) groups is 2. The first-order valence-electron chi connectivity index (χ1n) is 11.0. The van der Waals surface area contributed by atoms with Crippen molar-refractivity contribution < 1.29 is 23.8 Å². The van der Waals surface area contributed by atoms with Gasteiger partial charge in [0.15, 0.2) is 0 Å². The minimum Gasteiger partial charge on any atom is -0.455 e. The number of nitrogens with one attached hydrogen (secondary N) is 2. The van der Waals surface area contributed by atoms with Gasteiger partial charge in [0.25, 0.3) is 0 Å². The largest absolute Gasteiger partial charge is 0.455 e. The molecule has 32 heavy (non-hydrogen) atoms. The molecule has 3 heterocycles. The van der Waals surface area contributed by atoms with E-state index in [9.17, 15) is 9.59 Å². The lowest BCUT2D eigenvalue weighted by Crippen LogP contribution is -2.29. The Morgan fingerprint density at radius 2 is 2.25 bits per heavy atom. The van der Waals surface area contributed by atoms with E-state index in [1.165, 1.54) is 0 Å². The fourth-order valence-electron chi connectivity index (χ4n) is 4.71. The number of H-pyrrole nitrogens is 1. The fourth-order valence-corrected chi connectivity index (χ4v) is 4.71. The molecule has 5 rings (SSSR count). The predicted octanol–water partition coefficient (Wildman–Crippen LogP) is 3.54. The van der Waals surface area contributed by atoms with E-state index in [4.69, 9.17) is 14.2 Å². The number of para-hydroxylation sites is 2. The highest BCUT2D eigenvalue weighted by atomic mass is 16.6. The minimum absolute atomic E-state index is 0.0640. The second-order valence-corrected chi connectivity index (χ2v) is 8.92. The molecule has 0 saturated carbocycles. The summed E-state index contributed by atoms with van der Waals surface area (Å²) in [7, 11) is 0. The van der Waals surface area contributed by atoms with Crippen molar-refractivity contribution in [1.29, 1.82) is 0 Å². The molecule has 0 unspecified atom stereocenters. The summed E-state index contributed by atoms with van der Waals surface area (Å²) < 4.78 is 17.0. The third-order valence-electron chi connectivity index (χ3n) is 6.67. The van der Waals surface area contributed by atoms with Gasteiger partial charge in [-0.1, -0.05) is 24.8 Å². The number of rotatable bonds is 4. The van der Waals surface area contributed by atoms with E-state index in [1.54, 1.807) is 0 Å². The van der Waals surface area contributed by atoms with Crippen LogP contribution in [0.5, 0.6) is 0 Å². The van der Waals surface area contributed by atoms with Crippen LogP contribution in [0.1, 0.15) is 38.4 Å². The van der Waals surface area contributed by atoms with Crippen molar-refractivity contribution in [2.24, 2.45) is 5.92 Å². The van der Waals surface area contributed by atoms with E-state index in [2.05, 4.69) is 34.9 Å². The number of imidazole rings is 1. The third kappa shape index (κ3) is 4.02. The third-order valence-corrected chi connectivity index (χ3v) is 6.67. The van der Waals surface area contributed by atoms with Gasteiger partial charge >= 0.3 is 12.1 Å². The molecule has 3 aliphatic rings. The molecule has 8 nitrogen and oxygen atoms in total. The van der Waals surface area contributed by atoms with Gasteiger partial charge in [-0.05, 0) is 50.3 Å².